The van der Waals surface area contributed by atoms with Crippen LogP contribution in [0.5, 0.6) is 0 Å². The maximum Gasteiger partial charge on any atom is 0.432 e. The number of benzene rings is 1. The third-order valence-electron chi connectivity index (χ3n) is 6.65. The number of halogens is 3. The Balaban J connectivity index is 1.92. The van der Waals surface area contributed by atoms with Crippen molar-refractivity contribution in [2.45, 2.75) is 64.0 Å². The average Bonchev–Trinajstić information content (AvgIpc) is 3.02. The molecule has 0 aromatic heterocycles. The number of carbonyl (C=O) groups excluding carboxylic acids is 3. The Morgan fingerprint density at radius 2 is 1.79 bits per heavy atom. The van der Waals surface area contributed by atoms with E-state index in [0.717, 1.165) is 12.1 Å². The minimum absolute atomic E-state index is 0.200. The quantitative estimate of drug-likeness (QED) is 0.535. The standard InChI is InChI=1S/C24H27F3O6/c1-13-9-10-17-15(3)21(29)32-20(17)11-14(2)18(28)12-19(13)33-22(30)23(31,24(25,26)27)16-7-5-4-6-8-16/h4-9,14-15,17,19-20,31H,10-12H2,1-3H3/b13-9-/t14-,15-,17-,19-,20+,23-/m0/s1. The molecule has 1 saturated heterocycles. The van der Waals surface area contributed by atoms with E-state index >= 15 is 0 Å². The number of ketones is 1. The zero-order valence-electron chi connectivity index (χ0n) is 18.6. The fraction of sp³-hybridized carbons (Fsp3) is 0.542. The van der Waals surface area contributed by atoms with Crippen molar-refractivity contribution in [3.8, 4) is 0 Å². The van der Waals surface area contributed by atoms with Gasteiger partial charge in [-0.2, -0.15) is 13.2 Å². The molecule has 3 rings (SSSR count). The number of rotatable bonds is 3. The van der Waals surface area contributed by atoms with Crippen LogP contribution in [0.15, 0.2) is 42.0 Å². The molecule has 6 nitrogen and oxygen atoms in total. The van der Waals surface area contributed by atoms with Crippen LogP contribution in [0.25, 0.3) is 0 Å². The minimum atomic E-state index is -5.35. The molecular formula is C24H27F3O6. The van der Waals surface area contributed by atoms with Crippen LogP contribution in [-0.4, -0.2) is 41.2 Å². The molecule has 1 aromatic carbocycles. The third kappa shape index (κ3) is 4.83. The molecule has 0 saturated carbocycles. The minimum Gasteiger partial charge on any atom is -0.462 e. The molecule has 0 unspecified atom stereocenters. The summed E-state index contributed by atoms with van der Waals surface area (Å²) in [5.74, 6) is -3.74. The Labute approximate surface area is 189 Å². The lowest BCUT2D eigenvalue weighted by Crippen LogP contribution is -2.51. The van der Waals surface area contributed by atoms with Gasteiger partial charge in [0.05, 0.1) is 5.92 Å². The van der Waals surface area contributed by atoms with Crippen LogP contribution in [-0.2, 0) is 29.5 Å². The number of hydrogen-bond acceptors (Lipinski definition) is 6. The van der Waals surface area contributed by atoms with Crippen LogP contribution in [0.2, 0.25) is 0 Å². The highest BCUT2D eigenvalue weighted by molar-refractivity contribution is 5.85. The van der Waals surface area contributed by atoms with E-state index in [-0.39, 0.29) is 30.5 Å². The van der Waals surface area contributed by atoms with Crippen molar-refractivity contribution >= 4 is 17.7 Å². The van der Waals surface area contributed by atoms with Crippen molar-refractivity contribution in [1.29, 1.82) is 0 Å². The van der Waals surface area contributed by atoms with Gasteiger partial charge >= 0.3 is 18.1 Å². The first-order valence-electron chi connectivity index (χ1n) is 10.8. The number of Topliss-reactive ketones (excluding diaryl/α,β-unsaturated/α-hetero) is 1. The summed E-state index contributed by atoms with van der Waals surface area (Å²) in [5, 5.41) is 10.5. The van der Waals surface area contributed by atoms with Gasteiger partial charge in [-0.15, -0.1) is 0 Å². The van der Waals surface area contributed by atoms with Gasteiger partial charge in [-0.1, -0.05) is 50.3 Å². The Bertz CT molecular complexity index is 941. The van der Waals surface area contributed by atoms with E-state index in [9.17, 15) is 32.7 Å². The summed E-state index contributed by atoms with van der Waals surface area (Å²) in [7, 11) is 0. The number of hydrogen-bond donors (Lipinski definition) is 1. The molecule has 9 heteroatoms. The van der Waals surface area contributed by atoms with Crippen molar-refractivity contribution in [2.24, 2.45) is 17.8 Å². The molecule has 0 bridgehead atoms. The van der Waals surface area contributed by atoms with Gasteiger partial charge in [0.2, 0.25) is 0 Å². The summed E-state index contributed by atoms with van der Waals surface area (Å²) < 4.78 is 52.1. The van der Waals surface area contributed by atoms with E-state index in [1.165, 1.54) is 18.2 Å². The second-order valence-corrected chi connectivity index (χ2v) is 8.89. The number of fused-ring (bicyclic) bond motifs is 1. The van der Waals surface area contributed by atoms with Gasteiger partial charge in [-0.05, 0) is 25.3 Å². The predicted octanol–water partition coefficient (Wildman–Crippen LogP) is 3.86. The molecule has 33 heavy (non-hydrogen) atoms. The number of ether oxygens (including phenoxy) is 2. The van der Waals surface area contributed by atoms with Crippen LogP contribution in [0.1, 0.15) is 45.6 Å². The molecule has 0 radical (unpaired) electrons. The normalized spacial score (nSPS) is 32.1. The van der Waals surface area contributed by atoms with E-state index < -0.39 is 47.4 Å². The molecule has 1 aliphatic carbocycles. The lowest BCUT2D eigenvalue weighted by Gasteiger charge is -2.31. The average molecular weight is 468 g/mol. The summed E-state index contributed by atoms with van der Waals surface area (Å²) in [6.07, 6.45) is -5.09. The van der Waals surface area contributed by atoms with Gasteiger partial charge in [0, 0.05) is 23.8 Å². The Hall–Kier alpha value is -2.68. The summed E-state index contributed by atoms with van der Waals surface area (Å²) in [4.78, 5) is 37.6. The fourth-order valence-electron chi connectivity index (χ4n) is 4.32. The fourth-order valence-corrected chi connectivity index (χ4v) is 4.32. The first kappa shape index (κ1) is 25.0. The van der Waals surface area contributed by atoms with E-state index in [4.69, 9.17) is 9.47 Å². The van der Waals surface area contributed by atoms with E-state index in [0.29, 0.717) is 12.0 Å². The van der Waals surface area contributed by atoms with Crippen molar-refractivity contribution in [3.63, 3.8) is 0 Å². The highest BCUT2D eigenvalue weighted by Gasteiger charge is 2.62. The molecule has 0 amide bonds. The van der Waals surface area contributed by atoms with Crippen LogP contribution in [0.3, 0.4) is 0 Å². The zero-order chi connectivity index (χ0) is 24.6. The SMILES string of the molecule is C/C1=C/C[C@H]2[C@H](C)C(=O)O[C@@H]2C[C@H](C)C(=O)C[C@@H]1OC(=O)[C@@](O)(c1ccccc1)C(F)(F)F. The second kappa shape index (κ2) is 9.29. The van der Waals surface area contributed by atoms with Crippen LogP contribution in [0.4, 0.5) is 13.2 Å². The predicted molar refractivity (Wildman–Crippen MR) is 111 cm³/mol. The van der Waals surface area contributed by atoms with E-state index in [1.807, 2.05) is 0 Å². The van der Waals surface area contributed by atoms with Gasteiger partial charge in [0.1, 0.15) is 18.0 Å². The van der Waals surface area contributed by atoms with Crippen LogP contribution >= 0.6 is 0 Å². The van der Waals surface area contributed by atoms with Gasteiger partial charge in [-0.3, -0.25) is 9.59 Å². The van der Waals surface area contributed by atoms with Crippen molar-refractivity contribution in [2.75, 3.05) is 0 Å². The van der Waals surface area contributed by atoms with E-state index in [1.54, 1.807) is 26.8 Å². The number of aliphatic hydroxyl groups is 1. The lowest BCUT2D eigenvalue weighted by molar-refractivity contribution is -0.269. The summed E-state index contributed by atoms with van der Waals surface area (Å²) in [6.45, 7) is 4.92. The topological polar surface area (TPSA) is 89.9 Å². The van der Waals surface area contributed by atoms with Gasteiger partial charge in [0.25, 0.3) is 5.60 Å². The second-order valence-electron chi connectivity index (χ2n) is 8.89. The number of alkyl halides is 3. The number of allylic oxidation sites excluding steroid dienone is 1. The highest BCUT2D eigenvalue weighted by atomic mass is 19.4. The lowest BCUT2D eigenvalue weighted by atomic mass is 9.81. The maximum absolute atomic E-state index is 13.8. The highest BCUT2D eigenvalue weighted by Crippen LogP contribution is 2.41. The molecule has 0 spiro atoms. The molecule has 180 valence electrons. The van der Waals surface area contributed by atoms with Gasteiger partial charge in [-0.25, -0.2) is 4.79 Å². The summed E-state index contributed by atoms with van der Waals surface area (Å²) in [5.41, 5.74) is -4.19. The van der Waals surface area contributed by atoms with Gasteiger partial charge < -0.3 is 14.6 Å². The molecule has 1 aliphatic heterocycles. The molecule has 1 aromatic rings. The molecule has 6 atom stereocenters. The van der Waals surface area contributed by atoms with Crippen LogP contribution < -0.4 is 0 Å². The molecule has 1 fully saturated rings. The third-order valence-corrected chi connectivity index (χ3v) is 6.65. The molecule has 1 N–H and O–H groups in total. The van der Waals surface area contributed by atoms with Gasteiger partial charge in [0.15, 0.2) is 0 Å². The van der Waals surface area contributed by atoms with E-state index in [2.05, 4.69) is 0 Å². The van der Waals surface area contributed by atoms with Crippen molar-refractivity contribution < 1.29 is 42.1 Å². The molecule has 1 heterocycles. The first-order chi connectivity index (χ1) is 15.4. The van der Waals surface area contributed by atoms with Crippen LogP contribution in [0, 0.1) is 17.8 Å². The zero-order valence-corrected chi connectivity index (χ0v) is 18.6. The molecular weight excluding hydrogens is 441 g/mol. The molecule has 2 aliphatic rings. The first-order valence-corrected chi connectivity index (χ1v) is 10.8. The largest absolute Gasteiger partial charge is 0.462 e. The smallest absolute Gasteiger partial charge is 0.432 e. The number of carbonyl (C=O) groups is 3. The van der Waals surface area contributed by atoms with Crippen molar-refractivity contribution in [3.05, 3.63) is 47.5 Å². The Morgan fingerprint density at radius 3 is 2.39 bits per heavy atom. The Morgan fingerprint density at radius 1 is 1.15 bits per heavy atom. The van der Waals surface area contributed by atoms with Crippen molar-refractivity contribution in [1.82, 2.24) is 0 Å². The monoisotopic (exact) mass is 468 g/mol. The Kier molecular flexibility index (Phi) is 7.02. The maximum atomic E-state index is 13.8. The summed E-state index contributed by atoms with van der Waals surface area (Å²) in [6, 6.07) is 5.95. The summed E-state index contributed by atoms with van der Waals surface area (Å²) >= 11 is 0. The number of esters is 2.